The number of carboxylic acid groups (broad SMARTS) is 1. The zero-order chi connectivity index (χ0) is 14.0. The molecule has 19 heavy (non-hydrogen) atoms. The van der Waals surface area contributed by atoms with Gasteiger partial charge in [-0.2, -0.15) is 0 Å². The van der Waals surface area contributed by atoms with E-state index in [1.807, 2.05) is 31.0 Å². The molecule has 0 bridgehead atoms. The van der Waals surface area contributed by atoms with Crippen molar-refractivity contribution in [3.8, 4) is 0 Å². The van der Waals surface area contributed by atoms with Crippen LogP contribution < -0.4 is 5.76 Å². The normalized spacial score (nSPS) is 13.0. The molecule has 0 saturated heterocycles. The van der Waals surface area contributed by atoms with E-state index in [0.717, 1.165) is 5.56 Å². The van der Waals surface area contributed by atoms with Gasteiger partial charge in [-0.15, -0.1) is 0 Å². The molecule has 0 aliphatic heterocycles. The van der Waals surface area contributed by atoms with Gasteiger partial charge < -0.3 is 9.52 Å². The third-order valence-electron chi connectivity index (χ3n) is 3.14. The van der Waals surface area contributed by atoms with Gasteiger partial charge in [0.1, 0.15) is 0 Å². The molecule has 2 aromatic rings. The average molecular weight is 264 g/mol. The summed E-state index contributed by atoms with van der Waals surface area (Å²) in [4.78, 5) is 26.3. The number of H-pyrrole nitrogens is 1. The Kier molecular flexibility index (Phi) is 3.71. The molecule has 2 rings (SSSR count). The van der Waals surface area contributed by atoms with Gasteiger partial charge in [-0.3, -0.25) is 14.7 Å². The summed E-state index contributed by atoms with van der Waals surface area (Å²) in [6, 6.07) is 5.38. The summed E-state index contributed by atoms with van der Waals surface area (Å²) in [6.45, 7) is 2.48. The number of nitrogens with one attached hydrogen (secondary N) is 1. The van der Waals surface area contributed by atoms with E-state index in [9.17, 15) is 9.59 Å². The average Bonchev–Trinajstić information content (AvgIpc) is 2.67. The number of rotatable bonds is 5. The number of carbonyl (C=O) groups is 1. The van der Waals surface area contributed by atoms with Crippen LogP contribution >= 0.6 is 0 Å². The van der Waals surface area contributed by atoms with Crippen LogP contribution in [0.15, 0.2) is 27.4 Å². The molecule has 0 aliphatic carbocycles. The molecule has 1 aromatic carbocycles. The SMILES string of the molecule is CC(CC(=O)O)N(C)Cc1ccc2oc(=O)[nH]c2c1. The van der Waals surface area contributed by atoms with Gasteiger partial charge in [-0.05, 0) is 31.7 Å². The van der Waals surface area contributed by atoms with Crippen LogP contribution in [-0.4, -0.2) is 34.0 Å². The third kappa shape index (κ3) is 3.23. The fourth-order valence-corrected chi connectivity index (χ4v) is 1.95. The summed E-state index contributed by atoms with van der Waals surface area (Å²) in [6.07, 6.45) is 0.0985. The Labute approximate surface area is 109 Å². The second-order valence-electron chi connectivity index (χ2n) is 4.71. The number of benzene rings is 1. The Morgan fingerprint density at radius 1 is 1.53 bits per heavy atom. The van der Waals surface area contributed by atoms with Crippen LogP contribution in [-0.2, 0) is 11.3 Å². The maximum atomic E-state index is 11.1. The Bertz CT molecular complexity index is 643. The van der Waals surface area contributed by atoms with Gasteiger partial charge in [0, 0.05) is 12.6 Å². The molecule has 0 saturated carbocycles. The van der Waals surface area contributed by atoms with Crippen LogP contribution in [0.3, 0.4) is 0 Å². The van der Waals surface area contributed by atoms with Crippen LogP contribution in [0.1, 0.15) is 18.9 Å². The van der Waals surface area contributed by atoms with Gasteiger partial charge >= 0.3 is 11.7 Å². The summed E-state index contributed by atoms with van der Waals surface area (Å²) < 4.78 is 4.93. The number of aliphatic carboxylic acids is 1. The quantitative estimate of drug-likeness (QED) is 0.852. The second-order valence-corrected chi connectivity index (χ2v) is 4.71. The maximum Gasteiger partial charge on any atom is 0.417 e. The van der Waals surface area contributed by atoms with Crippen LogP contribution in [0, 0.1) is 0 Å². The summed E-state index contributed by atoms with van der Waals surface area (Å²) in [5, 5.41) is 8.76. The lowest BCUT2D eigenvalue weighted by Crippen LogP contribution is -2.30. The van der Waals surface area contributed by atoms with Gasteiger partial charge in [0.15, 0.2) is 5.58 Å². The van der Waals surface area contributed by atoms with Crippen molar-refractivity contribution in [2.45, 2.75) is 25.9 Å². The molecule has 102 valence electrons. The molecule has 0 amide bonds. The lowest BCUT2D eigenvalue weighted by molar-refractivity contribution is -0.138. The minimum atomic E-state index is -0.811. The number of aromatic amines is 1. The summed E-state index contributed by atoms with van der Waals surface area (Å²) >= 11 is 0. The van der Waals surface area contributed by atoms with E-state index in [0.29, 0.717) is 17.6 Å². The highest BCUT2D eigenvalue weighted by Crippen LogP contribution is 2.15. The largest absolute Gasteiger partial charge is 0.481 e. The predicted molar refractivity (Wildman–Crippen MR) is 70.0 cm³/mol. The first kappa shape index (κ1) is 13.4. The fraction of sp³-hybridized carbons (Fsp3) is 0.385. The summed E-state index contributed by atoms with van der Waals surface area (Å²) in [5.41, 5.74) is 2.17. The van der Waals surface area contributed by atoms with Crippen molar-refractivity contribution in [1.82, 2.24) is 9.88 Å². The number of nitrogens with zero attached hydrogens (tertiary/aromatic N) is 1. The number of hydrogen-bond donors (Lipinski definition) is 2. The van der Waals surface area contributed by atoms with Crippen molar-refractivity contribution in [2.75, 3.05) is 7.05 Å². The van der Waals surface area contributed by atoms with Crippen LogP contribution in [0.2, 0.25) is 0 Å². The van der Waals surface area contributed by atoms with Crippen LogP contribution in [0.4, 0.5) is 0 Å². The first-order chi connectivity index (χ1) is 8.95. The molecular formula is C13H16N2O4. The molecule has 0 fully saturated rings. The molecule has 1 unspecified atom stereocenters. The van der Waals surface area contributed by atoms with E-state index < -0.39 is 11.7 Å². The number of oxazole rings is 1. The topological polar surface area (TPSA) is 86.5 Å². The molecule has 0 spiro atoms. The van der Waals surface area contributed by atoms with Crippen molar-refractivity contribution < 1.29 is 14.3 Å². The first-order valence-electron chi connectivity index (χ1n) is 5.99. The highest BCUT2D eigenvalue weighted by molar-refractivity contribution is 5.72. The highest BCUT2D eigenvalue weighted by atomic mass is 16.4. The van der Waals surface area contributed by atoms with Crippen molar-refractivity contribution >= 4 is 17.1 Å². The van der Waals surface area contributed by atoms with Crippen molar-refractivity contribution in [3.63, 3.8) is 0 Å². The molecule has 0 radical (unpaired) electrons. The Hall–Kier alpha value is -2.08. The molecular weight excluding hydrogens is 248 g/mol. The van der Waals surface area contributed by atoms with Crippen molar-refractivity contribution in [1.29, 1.82) is 0 Å². The van der Waals surface area contributed by atoms with Crippen molar-refractivity contribution in [3.05, 3.63) is 34.3 Å². The Morgan fingerprint density at radius 2 is 2.26 bits per heavy atom. The summed E-state index contributed by atoms with van der Waals surface area (Å²) in [5.74, 6) is -1.28. The number of hydrogen-bond acceptors (Lipinski definition) is 4. The first-order valence-corrected chi connectivity index (χ1v) is 5.99. The molecule has 6 nitrogen and oxygen atoms in total. The standard InChI is InChI=1S/C13H16N2O4/c1-8(5-12(16)17)15(2)7-9-3-4-11-10(6-9)14-13(18)19-11/h3-4,6,8H,5,7H2,1-2H3,(H,14,18)(H,16,17). The van der Waals surface area contributed by atoms with Crippen LogP contribution in [0.5, 0.6) is 0 Å². The van der Waals surface area contributed by atoms with Gasteiger partial charge in [0.2, 0.25) is 0 Å². The van der Waals surface area contributed by atoms with Gasteiger partial charge in [-0.1, -0.05) is 6.07 Å². The van der Waals surface area contributed by atoms with E-state index >= 15 is 0 Å². The zero-order valence-corrected chi connectivity index (χ0v) is 10.8. The molecule has 1 heterocycles. The number of fused-ring (bicyclic) bond motifs is 1. The molecule has 1 aromatic heterocycles. The Balaban J connectivity index is 2.12. The molecule has 1 atom stereocenters. The van der Waals surface area contributed by atoms with E-state index in [1.165, 1.54) is 0 Å². The second kappa shape index (κ2) is 5.27. The highest BCUT2D eigenvalue weighted by Gasteiger charge is 2.13. The Morgan fingerprint density at radius 3 is 2.95 bits per heavy atom. The van der Waals surface area contributed by atoms with E-state index in [1.54, 1.807) is 6.07 Å². The number of carboxylic acids is 1. The van der Waals surface area contributed by atoms with E-state index in [4.69, 9.17) is 9.52 Å². The minimum Gasteiger partial charge on any atom is -0.481 e. The smallest absolute Gasteiger partial charge is 0.417 e. The third-order valence-corrected chi connectivity index (χ3v) is 3.14. The lowest BCUT2D eigenvalue weighted by Gasteiger charge is -2.23. The monoisotopic (exact) mass is 264 g/mol. The van der Waals surface area contributed by atoms with Crippen LogP contribution in [0.25, 0.3) is 11.1 Å². The van der Waals surface area contributed by atoms with E-state index in [2.05, 4.69) is 4.98 Å². The fourth-order valence-electron chi connectivity index (χ4n) is 1.95. The molecule has 2 N–H and O–H groups in total. The molecule has 0 aliphatic rings. The van der Waals surface area contributed by atoms with Gasteiger partial charge in [0.05, 0.1) is 11.9 Å². The maximum absolute atomic E-state index is 11.1. The van der Waals surface area contributed by atoms with Gasteiger partial charge in [0.25, 0.3) is 0 Å². The summed E-state index contributed by atoms with van der Waals surface area (Å²) in [7, 11) is 1.87. The molecule has 6 heteroatoms. The zero-order valence-electron chi connectivity index (χ0n) is 10.8. The van der Waals surface area contributed by atoms with Gasteiger partial charge in [-0.25, -0.2) is 4.79 Å². The van der Waals surface area contributed by atoms with E-state index in [-0.39, 0.29) is 12.5 Å². The lowest BCUT2D eigenvalue weighted by atomic mass is 10.1. The van der Waals surface area contributed by atoms with Crippen molar-refractivity contribution in [2.24, 2.45) is 0 Å². The predicted octanol–water partition coefficient (Wildman–Crippen LogP) is 1.42. The number of aromatic nitrogens is 1. The minimum absolute atomic E-state index is 0.0587.